The minimum absolute atomic E-state index is 0.193. The van der Waals surface area contributed by atoms with Gasteiger partial charge in [-0.15, -0.1) is 0 Å². The van der Waals surface area contributed by atoms with E-state index in [1.54, 1.807) is 0 Å². The standard InChI is InChI=1S/C23H36O2/c1-14(15(2)24)19-7-8-20-18-6-5-16-13-17(25)9-11-22(16,3)21(18)10-12-23(19,20)4/h13-15,18-21,24H,5-12H2,1-4H3/t14-,15?,18-,19+,20-,21-,22-,23+/m0/s1. The summed E-state index contributed by atoms with van der Waals surface area (Å²) in [4.78, 5) is 11.9. The van der Waals surface area contributed by atoms with Gasteiger partial charge in [0.15, 0.2) is 5.78 Å². The molecule has 0 aromatic heterocycles. The van der Waals surface area contributed by atoms with Crippen LogP contribution in [0.15, 0.2) is 11.6 Å². The van der Waals surface area contributed by atoms with Gasteiger partial charge in [-0.3, -0.25) is 4.79 Å². The Balaban J connectivity index is 1.62. The highest BCUT2D eigenvalue weighted by Crippen LogP contribution is 2.67. The number of allylic oxidation sites excluding steroid dienone is 1. The number of aliphatic hydroxyl groups is 1. The smallest absolute Gasteiger partial charge is 0.155 e. The van der Waals surface area contributed by atoms with Crippen LogP contribution in [0.25, 0.3) is 0 Å². The topological polar surface area (TPSA) is 37.3 Å². The van der Waals surface area contributed by atoms with Crippen molar-refractivity contribution >= 4 is 5.78 Å². The number of hydrogen-bond donors (Lipinski definition) is 1. The van der Waals surface area contributed by atoms with Gasteiger partial charge in [0.05, 0.1) is 6.10 Å². The van der Waals surface area contributed by atoms with E-state index in [-0.39, 0.29) is 11.5 Å². The van der Waals surface area contributed by atoms with Gasteiger partial charge in [-0.05, 0) is 98.4 Å². The van der Waals surface area contributed by atoms with E-state index in [9.17, 15) is 9.90 Å². The number of carbonyl (C=O) groups is 1. The summed E-state index contributed by atoms with van der Waals surface area (Å²) in [6.45, 7) is 9.26. The van der Waals surface area contributed by atoms with E-state index >= 15 is 0 Å². The predicted molar refractivity (Wildman–Crippen MR) is 101 cm³/mol. The number of ketones is 1. The molecule has 8 atom stereocenters. The lowest BCUT2D eigenvalue weighted by Crippen LogP contribution is -2.51. The van der Waals surface area contributed by atoms with Crippen molar-refractivity contribution in [1.29, 1.82) is 0 Å². The predicted octanol–water partition coefficient (Wildman–Crippen LogP) is 5.15. The molecule has 0 heterocycles. The number of fused-ring (bicyclic) bond motifs is 5. The van der Waals surface area contributed by atoms with Crippen LogP contribution >= 0.6 is 0 Å². The van der Waals surface area contributed by atoms with E-state index in [4.69, 9.17) is 0 Å². The molecule has 0 amide bonds. The minimum Gasteiger partial charge on any atom is -0.393 e. The molecule has 0 spiro atoms. The Bertz CT molecular complexity index is 591. The molecule has 0 aromatic carbocycles. The molecule has 4 rings (SSSR count). The number of aliphatic hydroxyl groups excluding tert-OH is 1. The van der Waals surface area contributed by atoms with E-state index in [0.717, 1.165) is 37.0 Å². The van der Waals surface area contributed by atoms with Crippen LogP contribution < -0.4 is 0 Å². The van der Waals surface area contributed by atoms with E-state index in [2.05, 4.69) is 20.8 Å². The minimum atomic E-state index is -0.193. The lowest BCUT2D eigenvalue weighted by Gasteiger charge is -2.58. The second kappa shape index (κ2) is 5.94. The van der Waals surface area contributed by atoms with Crippen molar-refractivity contribution in [2.24, 2.45) is 40.4 Å². The van der Waals surface area contributed by atoms with Gasteiger partial charge in [0.25, 0.3) is 0 Å². The quantitative estimate of drug-likeness (QED) is 0.752. The normalized spacial score (nSPS) is 48.8. The summed E-state index contributed by atoms with van der Waals surface area (Å²) in [6, 6.07) is 0. The van der Waals surface area contributed by atoms with Crippen LogP contribution in [0, 0.1) is 40.4 Å². The second-order valence-electron chi connectivity index (χ2n) is 10.3. The number of rotatable bonds is 2. The molecule has 0 aliphatic heterocycles. The molecule has 1 unspecified atom stereocenters. The molecular weight excluding hydrogens is 308 g/mol. The third-order valence-corrected chi connectivity index (χ3v) is 9.43. The van der Waals surface area contributed by atoms with Gasteiger partial charge >= 0.3 is 0 Å². The molecule has 2 heteroatoms. The largest absolute Gasteiger partial charge is 0.393 e. The monoisotopic (exact) mass is 344 g/mol. The summed E-state index contributed by atoms with van der Waals surface area (Å²) in [5.41, 5.74) is 2.17. The fourth-order valence-corrected chi connectivity index (χ4v) is 7.80. The first-order valence-electron chi connectivity index (χ1n) is 10.7. The van der Waals surface area contributed by atoms with Crippen LogP contribution in [0.4, 0.5) is 0 Å². The van der Waals surface area contributed by atoms with Crippen LogP contribution in [0.1, 0.15) is 79.1 Å². The molecule has 4 aliphatic carbocycles. The molecule has 4 aliphatic rings. The third-order valence-electron chi connectivity index (χ3n) is 9.43. The third kappa shape index (κ3) is 2.50. The summed E-state index contributed by atoms with van der Waals surface area (Å²) in [5, 5.41) is 10.2. The van der Waals surface area contributed by atoms with Crippen molar-refractivity contribution in [3.8, 4) is 0 Å². The Morgan fingerprint density at radius 2 is 1.80 bits per heavy atom. The highest BCUT2D eigenvalue weighted by Gasteiger charge is 2.59. The molecular formula is C23H36O2. The zero-order valence-electron chi connectivity index (χ0n) is 16.6. The van der Waals surface area contributed by atoms with Crippen LogP contribution in [-0.2, 0) is 4.79 Å². The molecule has 2 nitrogen and oxygen atoms in total. The average Bonchev–Trinajstić information content (AvgIpc) is 2.92. The molecule has 0 aromatic rings. The maximum atomic E-state index is 11.9. The Morgan fingerprint density at radius 3 is 2.52 bits per heavy atom. The van der Waals surface area contributed by atoms with Gasteiger partial charge in [0, 0.05) is 6.42 Å². The highest BCUT2D eigenvalue weighted by atomic mass is 16.3. The Kier molecular flexibility index (Phi) is 4.22. The molecule has 25 heavy (non-hydrogen) atoms. The van der Waals surface area contributed by atoms with Crippen LogP contribution in [0.2, 0.25) is 0 Å². The molecule has 0 saturated heterocycles. The number of carbonyl (C=O) groups excluding carboxylic acids is 1. The van der Waals surface area contributed by atoms with E-state index in [0.29, 0.717) is 23.0 Å². The SMILES string of the molecule is CC(O)[C@H](C)[C@H]1CC[C@H]2[C@@H]3CCC4=CC(=O)CC[C@]4(C)[C@H]3CC[C@]12C. The van der Waals surface area contributed by atoms with Crippen molar-refractivity contribution in [3.05, 3.63) is 11.6 Å². The lowest BCUT2D eigenvalue weighted by atomic mass is 9.46. The Hall–Kier alpha value is -0.630. The van der Waals surface area contributed by atoms with E-state index < -0.39 is 0 Å². The summed E-state index contributed by atoms with van der Waals surface area (Å²) in [7, 11) is 0. The van der Waals surface area contributed by atoms with Gasteiger partial charge in [0.1, 0.15) is 0 Å². The van der Waals surface area contributed by atoms with Gasteiger partial charge in [-0.1, -0.05) is 26.3 Å². The van der Waals surface area contributed by atoms with Crippen LogP contribution in [-0.4, -0.2) is 17.0 Å². The molecule has 3 saturated carbocycles. The molecule has 140 valence electrons. The summed E-state index contributed by atoms with van der Waals surface area (Å²) >= 11 is 0. The van der Waals surface area contributed by atoms with Crippen molar-refractivity contribution in [2.45, 2.75) is 85.2 Å². The first kappa shape index (κ1) is 17.8. The van der Waals surface area contributed by atoms with E-state index in [1.165, 1.54) is 37.7 Å². The van der Waals surface area contributed by atoms with Crippen molar-refractivity contribution in [1.82, 2.24) is 0 Å². The maximum Gasteiger partial charge on any atom is 0.155 e. The molecule has 0 bridgehead atoms. The van der Waals surface area contributed by atoms with Gasteiger partial charge < -0.3 is 5.11 Å². The molecule has 3 fully saturated rings. The van der Waals surface area contributed by atoms with Crippen LogP contribution in [0.5, 0.6) is 0 Å². The number of hydrogen-bond acceptors (Lipinski definition) is 2. The Morgan fingerprint density at radius 1 is 1.04 bits per heavy atom. The second-order valence-corrected chi connectivity index (χ2v) is 10.3. The van der Waals surface area contributed by atoms with Crippen molar-refractivity contribution in [2.75, 3.05) is 0 Å². The molecule has 1 N–H and O–H groups in total. The van der Waals surface area contributed by atoms with E-state index in [1.807, 2.05) is 13.0 Å². The fraction of sp³-hybridized carbons (Fsp3) is 0.870. The first-order chi connectivity index (χ1) is 11.8. The zero-order chi connectivity index (χ0) is 18.0. The van der Waals surface area contributed by atoms with Crippen molar-refractivity contribution in [3.63, 3.8) is 0 Å². The van der Waals surface area contributed by atoms with Gasteiger partial charge in [-0.2, -0.15) is 0 Å². The lowest BCUT2D eigenvalue weighted by molar-refractivity contribution is -0.117. The average molecular weight is 345 g/mol. The zero-order valence-corrected chi connectivity index (χ0v) is 16.6. The summed E-state index contributed by atoms with van der Waals surface area (Å²) < 4.78 is 0. The Labute approximate surface area is 153 Å². The summed E-state index contributed by atoms with van der Waals surface area (Å²) in [6.07, 6.45) is 11.4. The molecule has 0 radical (unpaired) electrons. The fourth-order valence-electron chi connectivity index (χ4n) is 7.80. The first-order valence-corrected chi connectivity index (χ1v) is 10.7. The van der Waals surface area contributed by atoms with Crippen LogP contribution in [0.3, 0.4) is 0 Å². The summed E-state index contributed by atoms with van der Waals surface area (Å²) in [5.74, 6) is 3.89. The van der Waals surface area contributed by atoms with Crippen molar-refractivity contribution < 1.29 is 9.90 Å². The van der Waals surface area contributed by atoms with Gasteiger partial charge in [0.2, 0.25) is 0 Å². The maximum absolute atomic E-state index is 11.9. The van der Waals surface area contributed by atoms with Gasteiger partial charge in [-0.25, -0.2) is 0 Å². The highest BCUT2D eigenvalue weighted by molar-refractivity contribution is 5.91.